The molecule has 0 aliphatic carbocycles. The Hall–Kier alpha value is -2.99. The fraction of sp³-hybridized carbons (Fsp3) is 0.167. The number of oxazole rings is 1. The molecule has 120 valence electrons. The van der Waals surface area contributed by atoms with E-state index in [-0.39, 0.29) is 18.4 Å². The summed E-state index contributed by atoms with van der Waals surface area (Å²) in [6, 6.07) is 15.4. The molecule has 1 unspecified atom stereocenters. The third kappa shape index (κ3) is 2.57. The van der Waals surface area contributed by atoms with Crippen LogP contribution in [0.25, 0.3) is 22.6 Å². The summed E-state index contributed by atoms with van der Waals surface area (Å²) in [5.74, 6) is 0.419. The minimum absolute atomic E-state index is 0.155. The zero-order valence-corrected chi connectivity index (χ0v) is 13.0. The quantitative estimate of drug-likeness (QED) is 0.804. The van der Waals surface area contributed by atoms with E-state index < -0.39 is 0 Å². The monoisotopic (exact) mass is 321 g/mol. The zero-order chi connectivity index (χ0) is 16.5. The van der Waals surface area contributed by atoms with E-state index in [0.717, 1.165) is 16.6 Å². The summed E-state index contributed by atoms with van der Waals surface area (Å²) in [5, 5.41) is 4.13. The van der Waals surface area contributed by atoms with E-state index in [4.69, 9.17) is 9.15 Å². The second-order valence-electron chi connectivity index (χ2n) is 5.53. The van der Waals surface area contributed by atoms with Gasteiger partial charge < -0.3 is 9.15 Å². The number of ether oxygens (including phenoxy) is 1. The summed E-state index contributed by atoms with van der Waals surface area (Å²) in [5.41, 5.74) is 6.37. The van der Waals surface area contributed by atoms with Gasteiger partial charge in [0.1, 0.15) is 11.6 Å². The number of methoxy groups -OCH3 is 1. The summed E-state index contributed by atoms with van der Waals surface area (Å²) in [6.07, 6.45) is -0.119. The van der Waals surface area contributed by atoms with Crippen molar-refractivity contribution in [2.75, 3.05) is 7.11 Å². The van der Waals surface area contributed by atoms with Crippen molar-refractivity contribution in [3.8, 4) is 11.5 Å². The first-order valence-corrected chi connectivity index (χ1v) is 7.60. The second-order valence-corrected chi connectivity index (χ2v) is 5.53. The largest absolute Gasteiger partial charge is 0.436 e. The third-order valence-electron chi connectivity index (χ3n) is 3.97. The molecule has 1 aromatic heterocycles. The van der Waals surface area contributed by atoms with E-state index in [1.54, 1.807) is 7.11 Å². The van der Waals surface area contributed by atoms with Crippen LogP contribution in [-0.4, -0.2) is 29.8 Å². The molecule has 0 fully saturated rings. The van der Waals surface area contributed by atoms with Crippen LogP contribution in [0.4, 0.5) is 0 Å². The van der Waals surface area contributed by atoms with E-state index in [2.05, 4.69) is 15.5 Å². The summed E-state index contributed by atoms with van der Waals surface area (Å²) in [6.45, 7) is 0. The summed E-state index contributed by atoms with van der Waals surface area (Å²) >= 11 is 0. The second kappa shape index (κ2) is 5.90. The molecule has 2 aromatic carbocycles. The van der Waals surface area contributed by atoms with Crippen LogP contribution in [0.15, 0.2) is 58.0 Å². The van der Waals surface area contributed by atoms with Gasteiger partial charge >= 0.3 is 0 Å². The van der Waals surface area contributed by atoms with Crippen LogP contribution in [0.5, 0.6) is 0 Å². The van der Waals surface area contributed by atoms with E-state index >= 15 is 0 Å². The van der Waals surface area contributed by atoms with Gasteiger partial charge in [-0.1, -0.05) is 24.3 Å². The summed E-state index contributed by atoms with van der Waals surface area (Å²) in [7, 11) is 1.57. The lowest BCUT2D eigenvalue weighted by atomic mass is 10.0. The Morgan fingerprint density at radius 2 is 2.00 bits per heavy atom. The Labute approximate surface area is 138 Å². The maximum atomic E-state index is 11.5. The van der Waals surface area contributed by atoms with Crippen LogP contribution < -0.4 is 5.43 Å². The number of rotatable bonds is 3. The van der Waals surface area contributed by atoms with Gasteiger partial charge in [0.15, 0.2) is 5.58 Å². The number of carbonyl (C=O) groups excluding carboxylic acids is 1. The summed E-state index contributed by atoms with van der Waals surface area (Å²) < 4.78 is 11.3. The first kappa shape index (κ1) is 14.6. The number of hydrogen-bond acceptors (Lipinski definition) is 5. The average molecular weight is 321 g/mol. The Balaban J connectivity index is 1.75. The fourth-order valence-electron chi connectivity index (χ4n) is 2.74. The van der Waals surface area contributed by atoms with Crippen LogP contribution in [-0.2, 0) is 9.53 Å². The smallest absolute Gasteiger partial charge is 0.243 e. The molecule has 1 amide bonds. The molecule has 2 heterocycles. The highest BCUT2D eigenvalue weighted by molar-refractivity contribution is 6.08. The van der Waals surface area contributed by atoms with Gasteiger partial charge in [0.2, 0.25) is 11.8 Å². The van der Waals surface area contributed by atoms with E-state index in [1.807, 2.05) is 48.5 Å². The molecule has 3 aromatic rings. The molecule has 0 saturated heterocycles. The number of aromatic nitrogens is 1. The zero-order valence-electron chi connectivity index (χ0n) is 13.0. The first-order chi connectivity index (χ1) is 11.7. The SMILES string of the molecule is COC1CC(=O)NN=C1c1ccc2nc(-c3ccccc3)oc2c1. The van der Waals surface area contributed by atoms with E-state index in [0.29, 0.717) is 17.2 Å². The molecular weight excluding hydrogens is 306 g/mol. The van der Waals surface area contributed by atoms with Crippen molar-refractivity contribution in [2.24, 2.45) is 5.10 Å². The number of hydrazone groups is 1. The predicted octanol–water partition coefficient (Wildman–Crippen LogP) is 2.73. The van der Waals surface area contributed by atoms with Crippen molar-refractivity contribution >= 4 is 22.7 Å². The molecule has 4 rings (SSSR count). The molecule has 1 aliphatic rings. The summed E-state index contributed by atoms with van der Waals surface area (Å²) in [4.78, 5) is 16.0. The maximum absolute atomic E-state index is 11.5. The number of fused-ring (bicyclic) bond motifs is 1. The number of carbonyl (C=O) groups is 1. The Kier molecular flexibility index (Phi) is 3.59. The topological polar surface area (TPSA) is 76.7 Å². The van der Waals surface area contributed by atoms with Crippen molar-refractivity contribution in [2.45, 2.75) is 12.5 Å². The van der Waals surface area contributed by atoms with Crippen LogP contribution >= 0.6 is 0 Å². The molecule has 1 aliphatic heterocycles. The first-order valence-electron chi connectivity index (χ1n) is 7.60. The van der Waals surface area contributed by atoms with Gasteiger partial charge in [0.25, 0.3) is 0 Å². The molecule has 1 N–H and O–H groups in total. The molecule has 0 radical (unpaired) electrons. The molecule has 0 saturated carbocycles. The predicted molar refractivity (Wildman–Crippen MR) is 89.5 cm³/mol. The minimum atomic E-state index is -0.368. The van der Waals surface area contributed by atoms with Crippen molar-refractivity contribution in [3.05, 3.63) is 54.1 Å². The fourth-order valence-corrected chi connectivity index (χ4v) is 2.74. The Morgan fingerprint density at radius 1 is 1.17 bits per heavy atom. The van der Waals surface area contributed by atoms with Gasteiger partial charge in [-0.25, -0.2) is 10.4 Å². The lowest BCUT2D eigenvalue weighted by Crippen LogP contribution is -2.38. The molecular formula is C18H15N3O3. The maximum Gasteiger partial charge on any atom is 0.243 e. The number of nitrogens with zero attached hydrogens (tertiary/aromatic N) is 2. The van der Waals surface area contributed by atoms with Gasteiger partial charge in [0.05, 0.1) is 12.1 Å². The van der Waals surface area contributed by atoms with Gasteiger partial charge in [-0.05, 0) is 24.3 Å². The highest BCUT2D eigenvalue weighted by atomic mass is 16.5. The highest BCUT2D eigenvalue weighted by Gasteiger charge is 2.26. The Bertz CT molecular complexity index is 931. The van der Waals surface area contributed by atoms with Crippen molar-refractivity contribution < 1.29 is 13.9 Å². The van der Waals surface area contributed by atoms with Crippen LogP contribution in [0.1, 0.15) is 12.0 Å². The van der Waals surface area contributed by atoms with Crippen LogP contribution in [0, 0.1) is 0 Å². The van der Waals surface area contributed by atoms with Crippen molar-refractivity contribution in [1.82, 2.24) is 10.4 Å². The Morgan fingerprint density at radius 3 is 2.79 bits per heavy atom. The van der Waals surface area contributed by atoms with Gasteiger partial charge in [-0.3, -0.25) is 4.79 Å². The van der Waals surface area contributed by atoms with Gasteiger partial charge in [0, 0.05) is 18.2 Å². The third-order valence-corrected chi connectivity index (χ3v) is 3.97. The average Bonchev–Trinajstić information content (AvgIpc) is 3.05. The standard InChI is InChI=1S/C18H15N3O3/c1-23-15-10-16(22)20-21-17(15)12-7-8-13-14(9-12)24-18(19-13)11-5-3-2-4-6-11/h2-9,15H,10H2,1H3,(H,20,22). The molecule has 6 heteroatoms. The molecule has 1 atom stereocenters. The van der Waals surface area contributed by atoms with E-state index in [9.17, 15) is 4.79 Å². The number of benzene rings is 2. The number of hydrogen-bond donors (Lipinski definition) is 1. The van der Waals surface area contributed by atoms with Gasteiger partial charge in [-0.2, -0.15) is 5.10 Å². The van der Waals surface area contributed by atoms with Crippen molar-refractivity contribution in [1.29, 1.82) is 0 Å². The van der Waals surface area contributed by atoms with Crippen LogP contribution in [0.2, 0.25) is 0 Å². The van der Waals surface area contributed by atoms with E-state index in [1.165, 1.54) is 0 Å². The highest BCUT2D eigenvalue weighted by Crippen LogP contribution is 2.26. The van der Waals surface area contributed by atoms with Gasteiger partial charge in [-0.15, -0.1) is 0 Å². The molecule has 0 spiro atoms. The molecule has 24 heavy (non-hydrogen) atoms. The number of amides is 1. The minimum Gasteiger partial charge on any atom is -0.436 e. The number of nitrogens with one attached hydrogen (secondary N) is 1. The van der Waals surface area contributed by atoms with Crippen LogP contribution in [0.3, 0.4) is 0 Å². The normalized spacial score (nSPS) is 17.6. The lowest BCUT2D eigenvalue weighted by molar-refractivity contribution is -0.123. The lowest BCUT2D eigenvalue weighted by Gasteiger charge is -2.21. The molecule has 6 nitrogen and oxygen atoms in total. The van der Waals surface area contributed by atoms with Crippen molar-refractivity contribution in [3.63, 3.8) is 0 Å². The molecule has 0 bridgehead atoms.